The Bertz CT molecular complexity index is 1210. The lowest BCUT2D eigenvalue weighted by Crippen LogP contribution is -2.38. The minimum absolute atomic E-state index is 0.593. The van der Waals surface area contributed by atoms with Crippen LogP contribution in [0.2, 0.25) is 0 Å². The van der Waals surface area contributed by atoms with Gasteiger partial charge in [0.15, 0.2) is 11.4 Å². The number of hydrogen-bond acceptors (Lipinski definition) is 7. The first-order valence-corrected chi connectivity index (χ1v) is 12.2. The van der Waals surface area contributed by atoms with Gasteiger partial charge in [-0.1, -0.05) is 30.3 Å². The molecule has 3 aromatic heterocycles. The summed E-state index contributed by atoms with van der Waals surface area (Å²) in [5.74, 6) is 2.83. The van der Waals surface area contributed by atoms with Gasteiger partial charge in [-0.05, 0) is 56.0 Å². The lowest BCUT2D eigenvalue weighted by molar-refractivity contribution is 0.121. The van der Waals surface area contributed by atoms with Crippen LogP contribution in [-0.2, 0) is 17.7 Å². The second kappa shape index (κ2) is 9.56. The average molecular weight is 459 g/mol. The molecule has 0 N–H and O–H groups in total. The number of benzene rings is 1. The van der Waals surface area contributed by atoms with Crippen LogP contribution in [0.15, 0.2) is 59.3 Å². The molecule has 0 unspecified atom stereocenters. The number of likely N-dealkylation sites (tertiary alicyclic amines) is 1. The van der Waals surface area contributed by atoms with Crippen molar-refractivity contribution in [2.45, 2.75) is 25.8 Å². The molecule has 2 aliphatic heterocycles. The van der Waals surface area contributed by atoms with Gasteiger partial charge in [0.05, 0.1) is 19.5 Å². The number of rotatable bonds is 6. The zero-order valence-corrected chi connectivity index (χ0v) is 19.3. The molecule has 8 nitrogen and oxygen atoms in total. The smallest absolute Gasteiger partial charge is 0.228 e. The summed E-state index contributed by atoms with van der Waals surface area (Å²) >= 11 is 0. The van der Waals surface area contributed by atoms with Crippen molar-refractivity contribution >= 4 is 11.6 Å². The largest absolute Gasteiger partial charge is 0.461 e. The van der Waals surface area contributed by atoms with Gasteiger partial charge in [0.25, 0.3) is 0 Å². The van der Waals surface area contributed by atoms with E-state index in [4.69, 9.17) is 24.2 Å². The molecule has 0 bridgehead atoms. The Hall–Kier alpha value is -3.23. The third-order valence-electron chi connectivity index (χ3n) is 6.92. The zero-order valence-electron chi connectivity index (χ0n) is 19.3. The van der Waals surface area contributed by atoms with Gasteiger partial charge < -0.3 is 14.1 Å². The number of aromatic nitrogens is 4. The number of piperidine rings is 1. The molecule has 34 heavy (non-hydrogen) atoms. The lowest BCUT2D eigenvalue weighted by atomic mass is 9.90. The Balaban J connectivity index is 1.22. The first kappa shape index (κ1) is 21.3. The van der Waals surface area contributed by atoms with Crippen molar-refractivity contribution < 1.29 is 9.15 Å². The van der Waals surface area contributed by atoms with E-state index in [-0.39, 0.29) is 0 Å². The molecule has 4 aromatic rings. The summed E-state index contributed by atoms with van der Waals surface area (Å²) in [5, 5.41) is 4.79. The van der Waals surface area contributed by atoms with Gasteiger partial charge in [0.2, 0.25) is 11.8 Å². The Morgan fingerprint density at radius 1 is 0.941 bits per heavy atom. The van der Waals surface area contributed by atoms with Crippen molar-refractivity contribution in [3.05, 3.63) is 66.1 Å². The van der Waals surface area contributed by atoms with Crippen molar-refractivity contribution in [2.75, 3.05) is 44.3 Å². The molecule has 8 heteroatoms. The van der Waals surface area contributed by atoms with Gasteiger partial charge in [0, 0.05) is 31.4 Å². The number of ether oxygens (including phenoxy) is 1. The van der Waals surface area contributed by atoms with Crippen LogP contribution in [0.5, 0.6) is 0 Å². The minimum Gasteiger partial charge on any atom is -0.461 e. The summed E-state index contributed by atoms with van der Waals surface area (Å²) in [6.45, 7) is 6.00. The second-order valence-corrected chi connectivity index (χ2v) is 9.24. The van der Waals surface area contributed by atoms with Crippen LogP contribution in [0.3, 0.4) is 0 Å². The molecule has 2 aliphatic rings. The molecule has 0 saturated carbocycles. The third-order valence-corrected chi connectivity index (χ3v) is 6.92. The van der Waals surface area contributed by atoms with Gasteiger partial charge >= 0.3 is 0 Å². The van der Waals surface area contributed by atoms with E-state index in [0.29, 0.717) is 24.8 Å². The fourth-order valence-corrected chi connectivity index (χ4v) is 5.05. The topological polar surface area (TPSA) is 71.9 Å². The zero-order chi connectivity index (χ0) is 22.7. The van der Waals surface area contributed by atoms with Crippen molar-refractivity contribution in [1.82, 2.24) is 24.5 Å². The summed E-state index contributed by atoms with van der Waals surface area (Å²) in [5.41, 5.74) is 3.40. The molecule has 176 valence electrons. The maximum atomic E-state index is 5.58. The maximum Gasteiger partial charge on any atom is 0.228 e. The summed E-state index contributed by atoms with van der Waals surface area (Å²) in [6.07, 6.45) is 7.24. The molecular weight excluding hydrogens is 428 g/mol. The van der Waals surface area contributed by atoms with E-state index in [1.165, 1.54) is 24.8 Å². The number of fused-ring (bicyclic) bond motifs is 1. The minimum atomic E-state index is 0.593. The third kappa shape index (κ3) is 4.43. The van der Waals surface area contributed by atoms with E-state index >= 15 is 0 Å². The Labute approximate surface area is 199 Å². The Kier molecular flexibility index (Phi) is 5.99. The van der Waals surface area contributed by atoms with Crippen molar-refractivity contribution in [3.63, 3.8) is 0 Å². The van der Waals surface area contributed by atoms with Gasteiger partial charge in [-0.25, -0.2) is 9.97 Å². The summed E-state index contributed by atoms with van der Waals surface area (Å²) < 4.78 is 13.0. The normalized spacial score (nSPS) is 18.1. The van der Waals surface area contributed by atoms with E-state index in [1.807, 2.05) is 22.8 Å². The fourth-order valence-electron chi connectivity index (χ4n) is 5.05. The molecule has 2 saturated heterocycles. The molecule has 2 fully saturated rings. The van der Waals surface area contributed by atoms with Gasteiger partial charge in [-0.2, -0.15) is 4.52 Å². The predicted molar refractivity (Wildman–Crippen MR) is 130 cm³/mol. The number of hydrogen-bond donors (Lipinski definition) is 0. The Morgan fingerprint density at radius 2 is 1.76 bits per heavy atom. The number of furan rings is 1. The molecule has 0 amide bonds. The molecule has 0 spiro atoms. The van der Waals surface area contributed by atoms with E-state index in [0.717, 1.165) is 55.8 Å². The standard InChI is InChI=1S/C26H30N6O2/c1-2-5-20(6-3-1)17-21-8-10-30(11-9-21)19-22-18-27-26(31-12-15-33-16-13-31)32-25(22)28-24(29-32)23-7-4-14-34-23/h1-7,14,18,21H,8-13,15-17,19H2. The number of anilines is 1. The monoisotopic (exact) mass is 458 g/mol. The van der Waals surface area contributed by atoms with Crippen LogP contribution in [-0.4, -0.2) is 63.9 Å². The highest BCUT2D eigenvalue weighted by molar-refractivity contribution is 5.58. The highest BCUT2D eigenvalue weighted by atomic mass is 16.5. The van der Waals surface area contributed by atoms with Crippen LogP contribution < -0.4 is 4.90 Å². The fraction of sp³-hybridized carbons (Fsp3) is 0.423. The SMILES string of the molecule is c1ccc(CC2CCN(Cc3cnc(N4CCOCC4)n4nc(-c5ccco5)nc34)CC2)cc1. The molecular formula is C26H30N6O2. The maximum absolute atomic E-state index is 5.58. The molecule has 1 aromatic carbocycles. The highest BCUT2D eigenvalue weighted by Gasteiger charge is 2.24. The van der Waals surface area contributed by atoms with Crippen molar-refractivity contribution in [1.29, 1.82) is 0 Å². The van der Waals surface area contributed by atoms with Gasteiger partial charge in [0.1, 0.15) is 0 Å². The van der Waals surface area contributed by atoms with Crippen LogP contribution in [0.4, 0.5) is 5.95 Å². The summed E-state index contributed by atoms with van der Waals surface area (Å²) in [4.78, 5) is 14.5. The molecule has 0 atom stereocenters. The quantitative estimate of drug-likeness (QED) is 0.436. The summed E-state index contributed by atoms with van der Waals surface area (Å²) in [6, 6.07) is 14.6. The molecule has 5 heterocycles. The van der Waals surface area contributed by atoms with Crippen molar-refractivity contribution in [2.24, 2.45) is 5.92 Å². The molecule has 0 radical (unpaired) electrons. The van der Waals surface area contributed by atoms with E-state index in [9.17, 15) is 0 Å². The van der Waals surface area contributed by atoms with Gasteiger partial charge in [-0.3, -0.25) is 4.90 Å². The van der Waals surface area contributed by atoms with Gasteiger partial charge in [-0.15, -0.1) is 5.10 Å². The Morgan fingerprint density at radius 3 is 2.53 bits per heavy atom. The average Bonchev–Trinajstić information content (AvgIpc) is 3.57. The first-order chi connectivity index (χ1) is 16.8. The van der Waals surface area contributed by atoms with Crippen LogP contribution in [0.1, 0.15) is 24.0 Å². The first-order valence-electron chi connectivity index (χ1n) is 12.2. The van der Waals surface area contributed by atoms with Crippen LogP contribution in [0.25, 0.3) is 17.2 Å². The van der Waals surface area contributed by atoms with Crippen molar-refractivity contribution in [3.8, 4) is 11.6 Å². The second-order valence-electron chi connectivity index (χ2n) is 9.24. The van der Waals surface area contributed by atoms with Crippen LogP contribution >= 0.6 is 0 Å². The molecule has 0 aliphatic carbocycles. The van der Waals surface area contributed by atoms with E-state index in [2.05, 4.69) is 40.1 Å². The number of nitrogens with zero attached hydrogens (tertiary/aromatic N) is 6. The lowest BCUT2D eigenvalue weighted by Gasteiger charge is -2.32. The van der Waals surface area contributed by atoms with E-state index < -0.39 is 0 Å². The van der Waals surface area contributed by atoms with Crippen LogP contribution in [0, 0.1) is 5.92 Å². The number of morpholine rings is 1. The van der Waals surface area contributed by atoms with E-state index in [1.54, 1.807) is 6.26 Å². The summed E-state index contributed by atoms with van der Waals surface area (Å²) in [7, 11) is 0. The predicted octanol–water partition coefficient (Wildman–Crippen LogP) is 3.68. The highest BCUT2D eigenvalue weighted by Crippen LogP contribution is 2.26. The molecule has 6 rings (SSSR count).